The molecule has 0 aromatic rings. The highest BCUT2D eigenvalue weighted by Gasteiger charge is 2.87. The first-order valence-electron chi connectivity index (χ1n) is 33.9. The number of rotatable bonds is 0. The van der Waals surface area contributed by atoms with E-state index in [0.29, 0.717) is 44.4 Å². The number of fused-ring (bicyclic) bond motifs is 7. The zero-order valence-corrected chi connectivity index (χ0v) is 62.6. The molecule has 34 unspecified atom stereocenters. The second-order valence-electron chi connectivity index (χ2n) is 34.3. The van der Waals surface area contributed by atoms with Crippen LogP contribution in [0.25, 0.3) is 0 Å². The van der Waals surface area contributed by atoms with Gasteiger partial charge >= 0.3 is 6.18 Å². The highest BCUT2D eigenvalue weighted by molar-refractivity contribution is 7.89. The lowest BCUT2D eigenvalue weighted by molar-refractivity contribution is -0.173. The molecule has 21 aliphatic rings. The summed E-state index contributed by atoms with van der Waals surface area (Å²) in [5.74, 6) is 0.0422. The fourth-order valence-corrected chi connectivity index (χ4v) is 36.7. The van der Waals surface area contributed by atoms with Crippen LogP contribution in [0.15, 0.2) is 0 Å². The SMILES string of the molecule is CC1(C)C2CC3C(O2)C1OS3(=O)=O.CC1C2(C)CC3C1(C)C(C)(OS3(=O)=O)C2(C)C.CC1C2CC3C(C)(O2)C1OS3(=O)=O.CC1C2CC3C(O2)C1(C)OS3(=O)=O.CC1C2CC3C(O2)C1OS3(=O)=O.CC1C2CC3C1OS(=O)(=O)C3(C(F)(F)F)C2.CC1C2OS(=O)(=O)C3CC1(C)OC23. The second kappa shape index (κ2) is 20.6. The van der Waals surface area contributed by atoms with E-state index in [1.165, 1.54) is 0 Å². The molecule has 0 spiro atoms. The summed E-state index contributed by atoms with van der Waals surface area (Å²) in [5, 5.41) is -2.31. The molecule has 0 amide bonds. The van der Waals surface area contributed by atoms with E-state index in [2.05, 4.69) is 34.6 Å². The lowest BCUT2D eigenvalue weighted by Crippen LogP contribution is -2.54. The van der Waals surface area contributed by atoms with Gasteiger partial charge in [0.15, 0.2) is 4.75 Å². The first-order chi connectivity index (χ1) is 44.0. The number of alkyl halides is 3. The van der Waals surface area contributed by atoms with Crippen LogP contribution in [0.4, 0.5) is 13.2 Å². The zero-order chi connectivity index (χ0) is 71.2. The summed E-state index contributed by atoms with van der Waals surface area (Å²) in [6.45, 7) is 32.4. The van der Waals surface area contributed by atoms with Gasteiger partial charge in [0.25, 0.3) is 70.8 Å². The highest BCUT2D eigenvalue weighted by atomic mass is 32.2. The van der Waals surface area contributed by atoms with Gasteiger partial charge in [-0.25, -0.2) is 0 Å². The van der Waals surface area contributed by atoms with Gasteiger partial charge in [0.2, 0.25) is 0 Å². The van der Waals surface area contributed by atoms with Crippen LogP contribution < -0.4 is 0 Å². The van der Waals surface area contributed by atoms with Gasteiger partial charge < -0.3 is 23.7 Å². The Hall–Kier alpha value is -1.04. The lowest BCUT2D eigenvalue weighted by atomic mass is 9.57. The largest absolute Gasteiger partial charge is 0.410 e. The van der Waals surface area contributed by atoms with E-state index in [4.69, 9.17) is 53.0 Å². The van der Waals surface area contributed by atoms with Crippen LogP contribution in [0.5, 0.6) is 0 Å². The van der Waals surface area contributed by atoms with Crippen LogP contribution >= 0.6 is 0 Å². The van der Waals surface area contributed by atoms with E-state index < -0.39 is 132 Å². The molecule has 0 N–H and O–H groups in total. The molecule has 36 heteroatoms. The first-order valence-corrected chi connectivity index (χ1v) is 44.1. The summed E-state index contributed by atoms with van der Waals surface area (Å²) in [4.78, 5) is 0. The Bertz CT molecular complexity index is 4180. The van der Waals surface area contributed by atoms with Crippen LogP contribution in [-0.4, -0.2) is 203 Å². The maximum absolute atomic E-state index is 13.1. The third kappa shape index (κ3) is 8.88. The van der Waals surface area contributed by atoms with Gasteiger partial charge in [0, 0.05) is 45.8 Å². The Morgan fingerprint density at radius 3 is 1.54 bits per heavy atom. The minimum Gasteiger partial charge on any atom is -0.370 e. The minimum absolute atomic E-state index is 0.0464. The monoisotopic (exact) mass is 1520 g/mol. The van der Waals surface area contributed by atoms with Crippen molar-refractivity contribution in [2.45, 2.75) is 306 Å². The predicted molar refractivity (Wildman–Crippen MR) is 333 cm³/mol. The van der Waals surface area contributed by atoms with Crippen LogP contribution in [0.2, 0.25) is 0 Å². The van der Waals surface area contributed by atoms with Gasteiger partial charge in [-0.15, -0.1) is 0 Å². The summed E-state index contributed by atoms with van der Waals surface area (Å²) in [6, 6.07) is 0. The fraction of sp³-hybridized carbons (Fsp3) is 1.00. The minimum atomic E-state index is -4.72. The van der Waals surface area contributed by atoms with E-state index in [1.807, 2.05) is 69.2 Å². The quantitative estimate of drug-likeness (QED) is 0.279. The van der Waals surface area contributed by atoms with Crippen molar-refractivity contribution < 1.29 is 125 Å². The van der Waals surface area contributed by atoms with Crippen molar-refractivity contribution in [3.8, 4) is 0 Å². The predicted octanol–water partition coefficient (Wildman–Crippen LogP) is 5.27. The van der Waals surface area contributed by atoms with Gasteiger partial charge in [-0.3, -0.25) is 29.3 Å². The molecule has 17 aliphatic heterocycles. The zero-order valence-electron chi connectivity index (χ0n) is 56.9. The molecular weight excluding hydrogens is 1430 g/mol. The summed E-state index contributed by atoms with van der Waals surface area (Å²) in [7, 11) is -24.5. The Morgan fingerprint density at radius 1 is 0.423 bits per heavy atom. The average molecular weight is 1520 g/mol. The van der Waals surface area contributed by atoms with Crippen molar-refractivity contribution in [3.63, 3.8) is 0 Å². The molecule has 0 aromatic heterocycles. The van der Waals surface area contributed by atoms with Gasteiger partial charge in [-0.2, -0.15) is 72.1 Å². The highest BCUT2D eigenvalue weighted by Crippen LogP contribution is 2.82. The number of ether oxygens (including phenoxy) is 5. The van der Waals surface area contributed by atoms with Gasteiger partial charge in [-0.1, -0.05) is 83.1 Å². The molecule has 21 fully saturated rings. The summed E-state index contributed by atoms with van der Waals surface area (Å²) in [6.07, 6.45) is -3.06. The molecule has 4 aliphatic carbocycles. The molecule has 4 saturated carbocycles. The molecule has 14 bridgehead atoms. The van der Waals surface area contributed by atoms with Crippen LogP contribution in [0.3, 0.4) is 0 Å². The summed E-state index contributed by atoms with van der Waals surface area (Å²) >= 11 is 0. The van der Waals surface area contributed by atoms with E-state index in [9.17, 15) is 72.1 Å². The number of hydrogen-bond donors (Lipinski definition) is 0. The molecular formula is C61H91F3O26S7. The maximum Gasteiger partial charge on any atom is 0.410 e. The van der Waals surface area contributed by atoms with E-state index in [1.54, 1.807) is 6.92 Å². The smallest absolute Gasteiger partial charge is 0.370 e. The molecule has 0 radical (unpaired) electrons. The number of halogens is 3. The molecule has 17 saturated heterocycles. The Balaban J connectivity index is 0.0000000929. The van der Waals surface area contributed by atoms with Crippen LogP contribution in [0, 0.1) is 69.0 Å². The molecule has 17 heterocycles. The van der Waals surface area contributed by atoms with Gasteiger partial charge in [-0.05, 0) is 102 Å². The third-order valence-corrected chi connectivity index (χ3v) is 42.7. The van der Waals surface area contributed by atoms with Crippen molar-refractivity contribution >= 4 is 70.8 Å². The third-order valence-electron chi connectivity index (χ3n) is 30.1. The second-order valence-corrected chi connectivity index (χ2v) is 46.7. The molecule has 26 nitrogen and oxygen atoms in total. The van der Waals surface area contributed by atoms with E-state index >= 15 is 0 Å². The van der Waals surface area contributed by atoms with Crippen molar-refractivity contribution in [2.75, 3.05) is 0 Å². The van der Waals surface area contributed by atoms with Crippen molar-refractivity contribution in [3.05, 3.63) is 0 Å². The number of hydrogen-bond acceptors (Lipinski definition) is 26. The topological polar surface area (TPSA) is 350 Å². The lowest BCUT2D eigenvalue weighted by Gasteiger charge is -2.49. The first kappa shape index (κ1) is 71.6. The van der Waals surface area contributed by atoms with Gasteiger partial charge in [0.1, 0.15) is 86.3 Å². The molecule has 97 heavy (non-hydrogen) atoms. The average Bonchev–Trinajstić information content (AvgIpc) is 1.46. The standard InChI is InChI=1S/C13H22O3S.C9H11F3O3S.4C8H12O4S.C7H10O4S/c1-8-11(4)7-9-12(8,5)13(6,10(11,2)3)16-17(9,14)15;1-4-5-2-6-7(4)15-16(13,14)8(6,3-5)9(10,11)12;1-8(2)5-3-4-6(11-5)7(8)12-13(4,9)10;1-4-6-7-5(13(9,10)12-6)3-8(4,2)11-7;1-4-5-3-6-7(11-5)8(4,2)12-13(6,9)10;1-4-5-3-6-8(2,11-5)7(4)12-13(6,9)10;1-3-4-2-5-7(10-4)6(3)11-12(5,8)9/h8-9H,7H2,1-6H3;4-7H,2-3H2,1H3;4*4-7H,3H2,1-2H3;3-7H,2H2,1H3. The summed E-state index contributed by atoms with van der Waals surface area (Å²) in [5.41, 5.74) is -2.46. The van der Waals surface area contributed by atoms with E-state index in [0.717, 1.165) is 6.42 Å². The maximum atomic E-state index is 13.1. The molecule has 34 atom stereocenters. The van der Waals surface area contributed by atoms with E-state index in [-0.39, 0.29) is 153 Å². The van der Waals surface area contributed by atoms with Crippen molar-refractivity contribution in [1.29, 1.82) is 0 Å². The molecule has 0 aromatic carbocycles. The van der Waals surface area contributed by atoms with Crippen LogP contribution in [0.1, 0.15) is 162 Å². The van der Waals surface area contributed by atoms with Crippen molar-refractivity contribution in [2.24, 2.45) is 69.0 Å². The molecule has 21 rings (SSSR count). The van der Waals surface area contributed by atoms with Crippen molar-refractivity contribution in [1.82, 2.24) is 0 Å². The molecule has 554 valence electrons. The fourth-order valence-electron chi connectivity index (χ4n) is 22.9. The summed E-state index contributed by atoms with van der Waals surface area (Å²) < 4.78 is 263. The van der Waals surface area contributed by atoms with Gasteiger partial charge in [0.05, 0.1) is 47.0 Å². The Morgan fingerprint density at radius 2 is 1.02 bits per heavy atom. The normalized spacial score (nSPS) is 59.1. The Kier molecular flexibility index (Phi) is 15.2. The van der Waals surface area contributed by atoms with Crippen LogP contribution in [-0.2, 0) is 124 Å². The Labute approximate surface area is 567 Å².